The average molecular weight is 455 g/mol. The van der Waals surface area contributed by atoms with Crippen molar-refractivity contribution in [2.45, 2.75) is 50.9 Å². The fourth-order valence-electron chi connectivity index (χ4n) is 6.57. The Kier molecular flexibility index (Phi) is 4.08. The Morgan fingerprint density at radius 2 is 1.82 bits per heavy atom. The number of benzene rings is 2. The number of carbonyl (C=O) groups is 2. The molecule has 3 aliphatic rings. The van der Waals surface area contributed by atoms with E-state index in [1.807, 2.05) is 42.5 Å². The van der Waals surface area contributed by atoms with E-state index in [1.165, 1.54) is 0 Å². The van der Waals surface area contributed by atoms with Gasteiger partial charge in [0.05, 0.1) is 16.9 Å². The largest absolute Gasteiger partial charge is 0.309 e. The minimum atomic E-state index is -0.726. The van der Waals surface area contributed by atoms with Crippen LogP contribution >= 0.6 is 0 Å². The zero-order chi connectivity index (χ0) is 24.0. The maximum absolute atomic E-state index is 13.9. The number of amides is 2. The second-order valence-corrected chi connectivity index (χ2v) is 10.1. The number of carbonyl (C=O) groups excluding carboxylic acids is 2. The Morgan fingerprint density at radius 1 is 1.12 bits per heavy atom. The van der Waals surface area contributed by atoms with Gasteiger partial charge in [-0.1, -0.05) is 50.3 Å². The zero-order valence-corrected chi connectivity index (χ0v) is 19.4. The van der Waals surface area contributed by atoms with Gasteiger partial charge in [-0.15, -0.1) is 6.58 Å². The Bertz CT molecular complexity index is 1460. The highest BCUT2D eigenvalue weighted by Gasteiger charge is 2.68. The van der Waals surface area contributed by atoms with Crippen LogP contribution in [0.15, 0.2) is 66.0 Å². The first-order valence-corrected chi connectivity index (χ1v) is 11.6. The molecule has 34 heavy (non-hydrogen) atoms. The lowest BCUT2D eigenvalue weighted by atomic mass is 9.60. The molecule has 7 nitrogen and oxygen atoms in total. The molecule has 0 radical (unpaired) electrons. The molecular weight excluding hydrogens is 428 g/mol. The summed E-state index contributed by atoms with van der Waals surface area (Å²) in [5.74, 6) is 0.399. The molecule has 2 amide bonds. The predicted octanol–water partition coefficient (Wildman–Crippen LogP) is 3.70. The molecule has 6 rings (SSSR count). The third kappa shape index (κ3) is 2.22. The number of anilines is 1. The van der Waals surface area contributed by atoms with Crippen molar-refractivity contribution >= 4 is 28.9 Å². The van der Waals surface area contributed by atoms with Crippen molar-refractivity contribution in [2.75, 3.05) is 4.90 Å². The Balaban J connectivity index is 1.68. The van der Waals surface area contributed by atoms with Crippen molar-refractivity contribution in [3.63, 3.8) is 0 Å². The number of aromatic nitrogens is 2. The smallest absolute Gasteiger partial charge is 0.262 e. The van der Waals surface area contributed by atoms with Crippen LogP contribution in [-0.2, 0) is 15.0 Å². The second kappa shape index (κ2) is 6.65. The third-order valence-corrected chi connectivity index (χ3v) is 8.39. The van der Waals surface area contributed by atoms with Gasteiger partial charge in [-0.2, -0.15) is 0 Å². The fraction of sp³-hybridized carbons (Fsp3) is 0.333. The molecule has 4 atom stereocenters. The molecule has 4 heterocycles. The van der Waals surface area contributed by atoms with Crippen LogP contribution in [0, 0.1) is 5.41 Å². The van der Waals surface area contributed by atoms with Gasteiger partial charge >= 0.3 is 0 Å². The second-order valence-electron chi connectivity index (χ2n) is 10.1. The molecule has 0 saturated carbocycles. The highest BCUT2D eigenvalue weighted by molar-refractivity contribution is 5.90. The number of fused-ring (bicyclic) bond motifs is 8. The van der Waals surface area contributed by atoms with E-state index < -0.39 is 29.1 Å². The van der Waals surface area contributed by atoms with Gasteiger partial charge in [0, 0.05) is 11.1 Å². The van der Waals surface area contributed by atoms with E-state index in [0.29, 0.717) is 23.1 Å². The summed E-state index contributed by atoms with van der Waals surface area (Å²) in [7, 11) is 0. The topological polar surface area (TPSA) is 75.5 Å². The molecule has 0 bridgehead atoms. The average Bonchev–Trinajstić information content (AvgIpc) is 3.34. The maximum atomic E-state index is 13.9. The monoisotopic (exact) mass is 454 g/mol. The maximum Gasteiger partial charge on any atom is 0.262 e. The van der Waals surface area contributed by atoms with Gasteiger partial charge < -0.3 is 4.90 Å². The lowest BCUT2D eigenvalue weighted by Crippen LogP contribution is -2.58. The molecule has 7 heteroatoms. The van der Waals surface area contributed by atoms with Crippen molar-refractivity contribution in [2.24, 2.45) is 5.41 Å². The zero-order valence-electron chi connectivity index (χ0n) is 19.4. The number of nitrogens with zero attached hydrogens (tertiary/aromatic N) is 4. The van der Waals surface area contributed by atoms with Crippen LogP contribution in [0.4, 0.5) is 5.69 Å². The normalized spacial score (nSPS) is 27.3. The number of hydrogen-bond acceptors (Lipinski definition) is 4. The lowest BCUT2D eigenvalue weighted by molar-refractivity contribution is -0.141. The van der Waals surface area contributed by atoms with Gasteiger partial charge in [0.2, 0.25) is 12.3 Å². The summed E-state index contributed by atoms with van der Waals surface area (Å²) in [5.41, 5.74) is 1.16. The summed E-state index contributed by atoms with van der Waals surface area (Å²) >= 11 is 0. The Hall–Kier alpha value is -3.74. The first-order valence-electron chi connectivity index (χ1n) is 11.6. The first-order chi connectivity index (χ1) is 16.3. The standard InChI is InChI=1S/C27H26N4O3/c1-5-26(3,4)27-14-21-22-28-19-12-8-6-10-17(19)24(34)30(22)16(2)23(33)31(21)25(27)29(15-32)20-13-9-7-11-18(20)27/h5-13,15-16,21,25H,1,14H2,2-4H3/t16-,21+,25+,27-/m1/s1. The van der Waals surface area contributed by atoms with Crippen LogP contribution in [0.2, 0.25) is 0 Å². The lowest BCUT2D eigenvalue weighted by Gasteiger charge is -2.45. The highest BCUT2D eigenvalue weighted by Crippen LogP contribution is 2.65. The van der Waals surface area contributed by atoms with Crippen molar-refractivity contribution in [3.8, 4) is 0 Å². The van der Waals surface area contributed by atoms with Crippen molar-refractivity contribution < 1.29 is 9.59 Å². The van der Waals surface area contributed by atoms with Gasteiger partial charge in [-0.3, -0.25) is 23.9 Å². The molecule has 0 aliphatic carbocycles. The van der Waals surface area contributed by atoms with Crippen LogP contribution in [0.25, 0.3) is 10.9 Å². The van der Waals surface area contributed by atoms with Crippen LogP contribution in [0.5, 0.6) is 0 Å². The summed E-state index contributed by atoms with van der Waals surface area (Å²) in [6.07, 6.45) is 2.73. The van der Waals surface area contributed by atoms with Crippen LogP contribution in [0.1, 0.15) is 50.7 Å². The van der Waals surface area contributed by atoms with E-state index >= 15 is 0 Å². The quantitative estimate of drug-likeness (QED) is 0.447. The highest BCUT2D eigenvalue weighted by atomic mass is 16.2. The fourth-order valence-corrected chi connectivity index (χ4v) is 6.57. The number of hydrogen-bond donors (Lipinski definition) is 0. The summed E-state index contributed by atoms with van der Waals surface area (Å²) in [6.45, 7) is 10.1. The van der Waals surface area contributed by atoms with Gasteiger partial charge in [-0.05, 0) is 42.5 Å². The summed E-state index contributed by atoms with van der Waals surface area (Å²) in [6, 6.07) is 13.9. The van der Waals surface area contributed by atoms with E-state index in [4.69, 9.17) is 4.98 Å². The predicted molar refractivity (Wildman–Crippen MR) is 129 cm³/mol. The van der Waals surface area contributed by atoms with E-state index in [2.05, 4.69) is 20.4 Å². The van der Waals surface area contributed by atoms with E-state index in [1.54, 1.807) is 33.4 Å². The van der Waals surface area contributed by atoms with Gasteiger partial charge in [0.1, 0.15) is 18.0 Å². The van der Waals surface area contributed by atoms with Crippen LogP contribution in [-0.4, -0.2) is 32.9 Å². The molecule has 0 spiro atoms. The molecule has 0 unspecified atom stereocenters. The summed E-state index contributed by atoms with van der Waals surface area (Å²) in [5, 5.41) is 0.499. The number of allylic oxidation sites excluding steroid dienone is 1. The first kappa shape index (κ1) is 20.8. The molecule has 1 fully saturated rings. The third-order valence-electron chi connectivity index (χ3n) is 8.39. The molecule has 3 aliphatic heterocycles. The molecule has 3 aromatic rings. The van der Waals surface area contributed by atoms with Crippen LogP contribution in [0.3, 0.4) is 0 Å². The van der Waals surface area contributed by atoms with E-state index in [9.17, 15) is 14.4 Å². The van der Waals surface area contributed by atoms with Crippen LogP contribution < -0.4 is 10.5 Å². The minimum absolute atomic E-state index is 0.178. The van der Waals surface area contributed by atoms with Crippen molar-refractivity contribution in [1.29, 1.82) is 0 Å². The number of para-hydroxylation sites is 2. The molecule has 1 saturated heterocycles. The molecule has 172 valence electrons. The SMILES string of the molecule is C=CC(C)(C)[C@@]12C[C@H]3c4nc5ccccc5c(=O)n4[C@H](C)C(=O)N3[C@@H]1N(C=O)c1ccccc12. The van der Waals surface area contributed by atoms with E-state index in [-0.39, 0.29) is 11.5 Å². The number of rotatable bonds is 3. The molecular formula is C27H26N4O3. The minimum Gasteiger partial charge on any atom is -0.309 e. The van der Waals surface area contributed by atoms with E-state index in [0.717, 1.165) is 17.7 Å². The Morgan fingerprint density at radius 3 is 2.56 bits per heavy atom. The summed E-state index contributed by atoms with van der Waals surface area (Å²) < 4.78 is 1.55. The van der Waals surface area contributed by atoms with Gasteiger partial charge in [0.25, 0.3) is 5.56 Å². The van der Waals surface area contributed by atoms with Crippen molar-refractivity contribution in [3.05, 3.63) is 82.9 Å². The van der Waals surface area contributed by atoms with Crippen molar-refractivity contribution in [1.82, 2.24) is 14.5 Å². The molecule has 1 aromatic heterocycles. The summed E-state index contributed by atoms with van der Waals surface area (Å²) in [4.78, 5) is 48.3. The van der Waals surface area contributed by atoms with Gasteiger partial charge in [-0.25, -0.2) is 4.98 Å². The van der Waals surface area contributed by atoms with Gasteiger partial charge in [0.15, 0.2) is 0 Å². The Labute approximate surface area is 197 Å². The molecule has 0 N–H and O–H groups in total. The molecule has 2 aromatic carbocycles.